The lowest BCUT2D eigenvalue weighted by molar-refractivity contribution is -0.140. The summed E-state index contributed by atoms with van der Waals surface area (Å²) < 4.78 is 5.63. The SMILES string of the molecule is CN(C)CCOc1cccc(C2(C(=O)O)CC2)c1. The summed E-state index contributed by atoms with van der Waals surface area (Å²) in [6, 6.07) is 7.47. The number of nitrogens with zero attached hydrogens (tertiary/aromatic N) is 1. The first kappa shape index (κ1) is 12.9. The summed E-state index contributed by atoms with van der Waals surface area (Å²) in [5.41, 5.74) is 0.207. The normalized spacial score (nSPS) is 16.6. The number of hydrogen-bond acceptors (Lipinski definition) is 3. The van der Waals surface area contributed by atoms with Crippen LogP contribution in [0.1, 0.15) is 18.4 Å². The van der Waals surface area contributed by atoms with Crippen LogP contribution in [0.25, 0.3) is 0 Å². The molecule has 1 N–H and O–H groups in total. The predicted octanol–water partition coefficient (Wildman–Crippen LogP) is 1.74. The summed E-state index contributed by atoms with van der Waals surface area (Å²) in [6.45, 7) is 1.45. The van der Waals surface area contributed by atoms with Crippen LogP contribution in [-0.2, 0) is 10.2 Å². The van der Waals surface area contributed by atoms with E-state index in [0.29, 0.717) is 6.61 Å². The van der Waals surface area contributed by atoms with E-state index >= 15 is 0 Å². The van der Waals surface area contributed by atoms with E-state index in [1.807, 2.05) is 43.3 Å². The molecule has 0 unspecified atom stereocenters. The number of benzene rings is 1. The van der Waals surface area contributed by atoms with Crippen LogP contribution in [0.15, 0.2) is 24.3 Å². The van der Waals surface area contributed by atoms with Crippen LogP contribution < -0.4 is 4.74 Å². The molecule has 18 heavy (non-hydrogen) atoms. The Balaban J connectivity index is 2.04. The molecule has 1 aromatic carbocycles. The average molecular weight is 249 g/mol. The van der Waals surface area contributed by atoms with E-state index in [2.05, 4.69) is 0 Å². The molecule has 0 aliphatic heterocycles. The molecule has 0 spiro atoms. The maximum Gasteiger partial charge on any atom is 0.314 e. The van der Waals surface area contributed by atoms with Gasteiger partial charge < -0.3 is 14.7 Å². The Hall–Kier alpha value is -1.55. The topological polar surface area (TPSA) is 49.8 Å². The maximum absolute atomic E-state index is 11.3. The molecule has 1 fully saturated rings. The first-order valence-electron chi connectivity index (χ1n) is 6.16. The van der Waals surface area contributed by atoms with Crippen LogP contribution in [-0.4, -0.2) is 43.2 Å². The van der Waals surface area contributed by atoms with Crippen molar-refractivity contribution in [1.29, 1.82) is 0 Å². The van der Waals surface area contributed by atoms with Crippen molar-refractivity contribution in [3.8, 4) is 5.75 Å². The molecule has 2 rings (SSSR count). The molecule has 1 saturated carbocycles. The number of rotatable bonds is 6. The second-order valence-corrected chi connectivity index (χ2v) is 5.07. The van der Waals surface area contributed by atoms with Gasteiger partial charge in [-0.05, 0) is 44.6 Å². The minimum absolute atomic E-state index is 0.608. The van der Waals surface area contributed by atoms with Gasteiger partial charge in [-0.1, -0.05) is 12.1 Å². The highest BCUT2D eigenvalue weighted by Crippen LogP contribution is 2.48. The van der Waals surface area contributed by atoms with Crippen molar-refractivity contribution in [2.75, 3.05) is 27.2 Å². The largest absolute Gasteiger partial charge is 0.492 e. The van der Waals surface area contributed by atoms with Crippen LogP contribution in [0.2, 0.25) is 0 Å². The fourth-order valence-corrected chi connectivity index (χ4v) is 1.98. The molecule has 0 saturated heterocycles. The molecule has 1 aliphatic carbocycles. The van der Waals surface area contributed by atoms with Gasteiger partial charge in [-0.25, -0.2) is 0 Å². The van der Waals surface area contributed by atoms with Crippen molar-refractivity contribution < 1.29 is 14.6 Å². The minimum atomic E-state index is -0.729. The standard InChI is InChI=1S/C14H19NO3/c1-15(2)8-9-18-12-5-3-4-11(10-12)14(6-7-14)13(16)17/h3-5,10H,6-9H2,1-2H3,(H,16,17). The molecular weight excluding hydrogens is 230 g/mol. The number of ether oxygens (including phenoxy) is 1. The Morgan fingerprint density at radius 2 is 2.17 bits per heavy atom. The molecule has 0 bridgehead atoms. The quantitative estimate of drug-likeness (QED) is 0.834. The van der Waals surface area contributed by atoms with E-state index in [0.717, 1.165) is 30.7 Å². The monoisotopic (exact) mass is 249 g/mol. The molecule has 0 aromatic heterocycles. The fourth-order valence-electron chi connectivity index (χ4n) is 1.98. The Bertz CT molecular complexity index is 438. The van der Waals surface area contributed by atoms with Crippen molar-refractivity contribution >= 4 is 5.97 Å². The average Bonchev–Trinajstić information content (AvgIpc) is 3.10. The zero-order valence-corrected chi connectivity index (χ0v) is 10.8. The van der Waals surface area contributed by atoms with Crippen LogP contribution in [0.3, 0.4) is 0 Å². The Morgan fingerprint density at radius 1 is 1.44 bits per heavy atom. The summed E-state index contributed by atoms with van der Waals surface area (Å²) >= 11 is 0. The highest BCUT2D eigenvalue weighted by molar-refractivity contribution is 5.85. The Labute approximate surface area is 107 Å². The second-order valence-electron chi connectivity index (χ2n) is 5.07. The van der Waals surface area contributed by atoms with Crippen LogP contribution in [0.4, 0.5) is 0 Å². The van der Waals surface area contributed by atoms with Crippen molar-refractivity contribution in [1.82, 2.24) is 4.90 Å². The summed E-state index contributed by atoms with van der Waals surface area (Å²) in [6.07, 6.45) is 1.45. The van der Waals surface area contributed by atoms with Crippen LogP contribution >= 0.6 is 0 Å². The fraction of sp³-hybridized carbons (Fsp3) is 0.500. The zero-order valence-electron chi connectivity index (χ0n) is 10.8. The zero-order chi connectivity index (χ0) is 13.2. The summed E-state index contributed by atoms with van der Waals surface area (Å²) in [7, 11) is 3.98. The van der Waals surface area contributed by atoms with Crippen molar-refractivity contribution in [2.24, 2.45) is 0 Å². The van der Waals surface area contributed by atoms with Crippen molar-refractivity contribution in [2.45, 2.75) is 18.3 Å². The molecular formula is C14H19NO3. The number of carbonyl (C=O) groups is 1. The number of aliphatic carboxylic acids is 1. The van der Waals surface area contributed by atoms with Gasteiger partial charge in [0, 0.05) is 6.54 Å². The Kier molecular flexibility index (Phi) is 3.57. The third kappa shape index (κ3) is 2.64. The summed E-state index contributed by atoms with van der Waals surface area (Å²) in [5.74, 6) is 0.0230. The van der Waals surface area contributed by atoms with Gasteiger partial charge in [0.1, 0.15) is 12.4 Å². The van der Waals surface area contributed by atoms with Crippen LogP contribution in [0.5, 0.6) is 5.75 Å². The van der Waals surface area contributed by atoms with Crippen molar-refractivity contribution in [3.63, 3.8) is 0 Å². The molecule has 98 valence electrons. The summed E-state index contributed by atoms with van der Waals surface area (Å²) in [5, 5.41) is 9.25. The number of carboxylic acid groups (broad SMARTS) is 1. The molecule has 0 heterocycles. The predicted molar refractivity (Wildman–Crippen MR) is 69.0 cm³/mol. The minimum Gasteiger partial charge on any atom is -0.492 e. The maximum atomic E-state index is 11.3. The number of hydrogen-bond donors (Lipinski definition) is 1. The smallest absolute Gasteiger partial charge is 0.314 e. The molecule has 4 heteroatoms. The van der Waals surface area contributed by atoms with Gasteiger partial charge >= 0.3 is 5.97 Å². The lowest BCUT2D eigenvalue weighted by Gasteiger charge is -2.14. The van der Waals surface area contributed by atoms with Crippen molar-refractivity contribution in [3.05, 3.63) is 29.8 Å². The highest BCUT2D eigenvalue weighted by atomic mass is 16.5. The third-order valence-corrected chi connectivity index (χ3v) is 3.35. The molecule has 0 amide bonds. The second kappa shape index (κ2) is 4.98. The number of likely N-dealkylation sites (N-methyl/N-ethyl adjacent to an activating group) is 1. The molecule has 0 atom stereocenters. The van der Waals surface area contributed by atoms with Gasteiger partial charge in [0.2, 0.25) is 0 Å². The molecule has 1 aromatic rings. The lowest BCUT2D eigenvalue weighted by Crippen LogP contribution is -2.20. The number of carboxylic acids is 1. The van der Waals surface area contributed by atoms with Gasteiger partial charge in [-0.15, -0.1) is 0 Å². The van der Waals surface area contributed by atoms with Gasteiger partial charge in [0.15, 0.2) is 0 Å². The highest BCUT2D eigenvalue weighted by Gasteiger charge is 2.51. The van der Waals surface area contributed by atoms with Gasteiger partial charge in [-0.3, -0.25) is 4.79 Å². The van der Waals surface area contributed by atoms with Gasteiger partial charge in [0.05, 0.1) is 5.41 Å². The third-order valence-electron chi connectivity index (χ3n) is 3.35. The molecule has 0 radical (unpaired) electrons. The van der Waals surface area contributed by atoms with Crippen LogP contribution in [0, 0.1) is 0 Å². The van der Waals surface area contributed by atoms with E-state index in [9.17, 15) is 9.90 Å². The van der Waals surface area contributed by atoms with E-state index in [-0.39, 0.29) is 0 Å². The van der Waals surface area contributed by atoms with E-state index < -0.39 is 11.4 Å². The molecule has 1 aliphatic rings. The lowest BCUT2D eigenvalue weighted by atomic mass is 9.96. The summed E-state index contributed by atoms with van der Waals surface area (Å²) in [4.78, 5) is 13.3. The Morgan fingerprint density at radius 3 is 2.72 bits per heavy atom. The molecule has 4 nitrogen and oxygen atoms in total. The van der Waals surface area contributed by atoms with Gasteiger partial charge in [0.25, 0.3) is 0 Å². The first-order valence-corrected chi connectivity index (χ1v) is 6.16. The van der Waals surface area contributed by atoms with E-state index in [4.69, 9.17) is 4.74 Å². The van der Waals surface area contributed by atoms with Gasteiger partial charge in [-0.2, -0.15) is 0 Å². The van der Waals surface area contributed by atoms with E-state index in [1.54, 1.807) is 0 Å². The van der Waals surface area contributed by atoms with E-state index in [1.165, 1.54) is 0 Å². The first-order chi connectivity index (χ1) is 8.54.